The number of pyridine rings is 1. The Balaban J connectivity index is 2.35. The van der Waals surface area contributed by atoms with Gasteiger partial charge in [-0.15, -0.1) is 0 Å². The van der Waals surface area contributed by atoms with E-state index in [-0.39, 0.29) is 22.0 Å². The number of rotatable bonds is 7. The third kappa shape index (κ3) is 4.41. The zero-order valence-electron chi connectivity index (χ0n) is 12.9. The van der Waals surface area contributed by atoms with Crippen LogP contribution in [0.4, 0.5) is 17.6 Å². The topological polar surface area (TPSA) is 82.0 Å². The molecule has 0 aliphatic carbocycles. The highest BCUT2D eigenvalue weighted by Crippen LogP contribution is 2.27. The molecule has 0 saturated carbocycles. The average molecular weight is 379 g/mol. The average Bonchev–Trinajstić information content (AvgIpc) is 2.60. The predicted molar refractivity (Wildman–Crippen MR) is 79.4 cm³/mol. The maximum absolute atomic E-state index is 12.9. The van der Waals surface area contributed by atoms with Gasteiger partial charge >= 0.3 is 12.3 Å². The van der Waals surface area contributed by atoms with E-state index in [4.69, 9.17) is 0 Å². The van der Waals surface area contributed by atoms with E-state index >= 15 is 0 Å². The minimum atomic E-state index is -4.34. The number of sulfone groups is 1. The lowest BCUT2D eigenvalue weighted by Crippen LogP contribution is -2.33. The Bertz CT molecular complexity index is 847. The Kier molecular flexibility index (Phi) is 5.55. The van der Waals surface area contributed by atoms with Gasteiger partial charge in [0.2, 0.25) is 5.88 Å². The van der Waals surface area contributed by atoms with E-state index in [1.165, 1.54) is 25.3 Å². The summed E-state index contributed by atoms with van der Waals surface area (Å²) < 4.78 is 78.9. The number of halogens is 4. The van der Waals surface area contributed by atoms with Gasteiger partial charge in [-0.05, 0) is 12.1 Å². The smallest absolute Gasteiger partial charge is 0.340 e. The van der Waals surface area contributed by atoms with Gasteiger partial charge in [0.15, 0.2) is 16.4 Å². The summed E-state index contributed by atoms with van der Waals surface area (Å²) in [5, 5.41) is 0. The monoisotopic (exact) mass is 379 g/mol. The zero-order valence-corrected chi connectivity index (χ0v) is 13.7. The Morgan fingerprint density at radius 3 is 2.60 bits per heavy atom. The van der Waals surface area contributed by atoms with Crippen molar-refractivity contribution in [3.63, 3.8) is 0 Å². The van der Waals surface area contributed by atoms with E-state index in [2.05, 4.69) is 19.7 Å². The van der Waals surface area contributed by atoms with Crippen molar-refractivity contribution in [1.82, 2.24) is 15.0 Å². The highest BCUT2D eigenvalue weighted by Gasteiger charge is 2.41. The molecule has 0 spiro atoms. The van der Waals surface area contributed by atoms with Crippen LogP contribution in [0.25, 0.3) is 11.4 Å². The number of aromatic nitrogens is 3. The maximum atomic E-state index is 12.9. The molecule has 2 aromatic heterocycles. The van der Waals surface area contributed by atoms with Crippen molar-refractivity contribution in [2.75, 3.05) is 12.4 Å². The molecule has 0 bridgehead atoms. The summed E-state index contributed by atoms with van der Waals surface area (Å²) in [6.45, 7) is -0.128. The van der Waals surface area contributed by atoms with Gasteiger partial charge in [0.25, 0.3) is 0 Å². The van der Waals surface area contributed by atoms with Crippen LogP contribution in [0.2, 0.25) is 0 Å². The fourth-order valence-corrected chi connectivity index (χ4v) is 2.82. The van der Waals surface area contributed by atoms with Gasteiger partial charge in [-0.1, -0.05) is 6.92 Å². The van der Waals surface area contributed by atoms with Crippen molar-refractivity contribution in [3.05, 3.63) is 30.7 Å². The van der Waals surface area contributed by atoms with E-state index < -0.39 is 34.7 Å². The molecule has 6 nitrogen and oxygen atoms in total. The Hall–Kier alpha value is -2.30. The first kappa shape index (κ1) is 19.0. The van der Waals surface area contributed by atoms with Crippen LogP contribution < -0.4 is 4.74 Å². The molecule has 0 aliphatic heterocycles. The third-order valence-electron chi connectivity index (χ3n) is 3.10. The first-order valence-electron chi connectivity index (χ1n) is 6.96. The lowest BCUT2D eigenvalue weighted by molar-refractivity contribution is -0.148. The number of ether oxygens (including phenoxy) is 1. The van der Waals surface area contributed by atoms with Crippen molar-refractivity contribution in [1.29, 1.82) is 0 Å². The van der Waals surface area contributed by atoms with Crippen LogP contribution in [0.5, 0.6) is 5.88 Å². The summed E-state index contributed by atoms with van der Waals surface area (Å²) in [5.41, 5.74) is -0.0183. The van der Waals surface area contributed by atoms with Gasteiger partial charge in [0.1, 0.15) is 12.0 Å². The van der Waals surface area contributed by atoms with Crippen molar-refractivity contribution < 1.29 is 30.7 Å². The fourth-order valence-electron chi connectivity index (χ4n) is 1.77. The highest BCUT2D eigenvalue weighted by molar-refractivity contribution is 7.91. The van der Waals surface area contributed by atoms with Gasteiger partial charge in [0.05, 0.1) is 16.3 Å². The molecule has 0 aliphatic rings. The first-order chi connectivity index (χ1) is 11.7. The summed E-state index contributed by atoms with van der Waals surface area (Å²) in [5.74, 6) is -4.93. The number of nitrogens with zero attached hydrogens (tertiary/aromatic N) is 3. The maximum Gasteiger partial charge on any atom is 0.340 e. The lowest BCUT2D eigenvalue weighted by Gasteiger charge is -2.15. The Morgan fingerprint density at radius 2 is 1.96 bits per heavy atom. The third-order valence-corrected chi connectivity index (χ3v) is 4.86. The summed E-state index contributed by atoms with van der Waals surface area (Å²) in [4.78, 5) is 11.2. The van der Waals surface area contributed by atoms with E-state index in [0.717, 1.165) is 12.4 Å². The molecule has 0 N–H and O–H groups in total. The van der Waals surface area contributed by atoms with Gasteiger partial charge in [-0.2, -0.15) is 8.78 Å². The quantitative estimate of drug-likeness (QED) is 0.688. The molecule has 0 atom stereocenters. The molecular formula is C14H13F4N3O3S. The van der Waals surface area contributed by atoms with Gasteiger partial charge in [-0.3, -0.25) is 4.98 Å². The standard InChI is InChI=1S/C14H13F4N3O3S/c1-2-25(22,23)10-4-3-5-19-12(10)9-6-11(21-8-20-9)24-7-14(17,18)13(15)16/h3-6,8,13H,2,7H2,1H3. The highest BCUT2D eigenvalue weighted by atomic mass is 32.2. The first-order valence-corrected chi connectivity index (χ1v) is 8.61. The van der Waals surface area contributed by atoms with Gasteiger partial charge < -0.3 is 4.74 Å². The van der Waals surface area contributed by atoms with Crippen LogP contribution in [0.1, 0.15) is 6.92 Å². The van der Waals surface area contributed by atoms with Crippen LogP contribution in [0, 0.1) is 0 Å². The summed E-state index contributed by atoms with van der Waals surface area (Å²) >= 11 is 0. The molecule has 0 amide bonds. The van der Waals surface area contributed by atoms with Crippen LogP contribution in [0.3, 0.4) is 0 Å². The molecule has 0 radical (unpaired) electrons. The predicted octanol–water partition coefficient (Wildman–Crippen LogP) is 2.61. The SMILES string of the molecule is CCS(=O)(=O)c1cccnc1-c1cc(OCC(F)(F)C(F)F)ncn1. The van der Waals surface area contributed by atoms with Gasteiger partial charge in [0, 0.05) is 12.3 Å². The van der Waals surface area contributed by atoms with Crippen molar-refractivity contribution >= 4 is 9.84 Å². The summed E-state index contributed by atoms with van der Waals surface area (Å²) in [6, 6.07) is 3.81. The van der Waals surface area contributed by atoms with Crippen LogP contribution in [-0.2, 0) is 9.84 Å². The fraction of sp³-hybridized carbons (Fsp3) is 0.357. The molecular weight excluding hydrogens is 366 g/mol. The number of hydrogen-bond acceptors (Lipinski definition) is 6. The van der Waals surface area contributed by atoms with E-state index in [1.54, 1.807) is 0 Å². The second-order valence-electron chi connectivity index (χ2n) is 4.85. The largest absolute Gasteiger partial charge is 0.471 e. The number of hydrogen-bond donors (Lipinski definition) is 0. The minimum Gasteiger partial charge on any atom is -0.471 e. The van der Waals surface area contributed by atoms with Crippen LogP contribution in [0.15, 0.2) is 35.6 Å². The van der Waals surface area contributed by atoms with Crippen molar-refractivity contribution in [2.24, 2.45) is 0 Å². The molecule has 2 aromatic rings. The van der Waals surface area contributed by atoms with E-state index in [9.17, 15) is 26.0 Å². The zero-order chi connectivity index (χ0) is 18.7. The Morgan fingerprint density at radius 1 is 1.24 bits per heavy atom. The summed E-state index contributed by atoms with van der Waals surface area (Å²) in [7, 11) is -3.62. The minimum absolute atomic E-state index is 0.00186. The molecule has 2 heterocycles. The molecule has 11 heteroatoms. The summed E-state index contributed by atoms with van der Waals surface area (Å²) in [6.07, 6.45) is -1.62. The second-order valence-corrected chi connectivity index (χ2v) is 7.09. The van der Waals surface area contributed by atoms with Crippen LogP contribution >= 0.6 is 0 Å². The van der Waals surface area contributed by atoms with E-state index in [0.29, 0.717) is 0 Å². The molecule has 25 heavy (non-hydrogen) atoms. The second kappa shape index (κ2) is 7.30. The molecule has 0 fully saturated rings. The lowest BCUT2D eigenvalue weighted by atomic mass is 10.2. The molecule has 136 valence electrons. The molecule has 2 rings (SSSR count). The van der Waals surface area contributed by atoms with Crippen molar-refractivity contribution in [2.45, 2.75) is 24.2 Å². The van der Waals surface area contributed by atoms with Crippen molar-refractivity contribution in [3.8, 4) is 17.3 Å². The van der Waals surface area contributed by atoms with E-state index in [1.807, 2.05) is 0 Å². The molecule has 0 aromatic carbocycles. The van der Waals surface area contributed by atoms with Gasteiger partial charge in [-0.25, -0.2) is 27.2 Å². The Labute approximate surface area is 140 Å². The molecule has 0 unspecified atom stereocenters. The van der Waals surface area contributed by atoms with Crippen LogP contribution in [-0.4, -0.2) is 48.1 Å². The molecule has 0 saturated heterocycles. The number of alkyl halides is 4. The normalized spacial score (nSPS) is 12.4.